The average molecular weight is 515 g/mol. The van der Waals surface area contributed by atoms with Crippen molar-refractivity contribution in [1.82, 2.24) is 10.2 Å². The lowest BCUT2D eigenvalue weighted by molar-refractivity contribution is -0.122. The maximum Gasteiger partial charge on any atom is 0.217 e. The normalized spacial score (nSPS) is 13.0. The van der Waals surface area contributed by atoms with Gasteiger partial charge in [-0.2, -0.15) is 0 Å². The number of rotatable bonds is 24. The van der Waals surface area contributed by atoms with E-state index in [9.17, 15) is 24.1 Å². The van der Waals surface area contributed by atoms with Crippen LogP contribution in [0.3, 0.4) is 0 Å². The van der Waals surface area contributed by atoms with Gasteiger partial charge in [-0.1, -0.05) is 71.1 Å². The third-order valence-electron chi connectivity index (χ3n) is 6.08. The first kappa shape index (κ1) is 33.8. The molecule has 35 heavy (non-hydrogen) atoms. The molecule has 0 saturated heterocycles. The molecule has 1 amide bonds. The maximum absolute atomic E-state index is 12.4. The summed E-state index contributed by atoms with van der Waals surface area (Å²) in [5.41, 5.74) is -1.00. The van der Waals surface area contributed by atoms with E-state index in [0.29, 0.717) is 12.8 Å². The van der Waals surface area contributed by atoms with Gasteiger partial charge in [0.05, 0.1) is 0 Å². The second-order valence-electron chi connectivity index (χ2n) is 9.99. The minimum atomic E-state index is -2.40. The van der Waals surface area contributed by atoms with E-state index >= 15 is 0 Å². The van der Waals surface area contributed by atoms with Gasteiger partial charge in [-0.25, -0.2) is 0 Å². The minimum Gasteiger partial charge on any atom is -0.360 e. The van der Waals surface area contributed by atoms with Gasteiger partial charge in [0, 0.05) is 38.6 Å². The number of Topliss-reactive ketones (excluding diaryl/α,β-unsaturated/α-hetero) is 1. The molecule has 0 bridgehead atoms. The lowest BCUT2D eigenvalue weighted by Crippen LogP contribution is -2.36. The standard InChI is InChI=1S/C27H51N2O5P/c1-5-6-7-8-9-10-11-12-13-14-15-18-25(31)21-24(28-23(2)30)22-27(33)35(34)26(32)19-16-17-20-29(3)4/h24,34H,5-22H2,1-4H3,(H,28,30). The third-order valence-corrected chi connectivity index (χ3v) is 7.43. The first-order chi connectivity index (χ1) is 16.7. The van der Waals surface area contributed by atoms with Gasteiger partial charge in [-0.15, -0.1) is 0 Å². The van der Waals surface area contributed by atoms with Crippen LogP contribution in [-0.2, 0) is 19.2 Å². The van der Waals surface area contributed by atoms with E-state index in [4.69, 9.17) is 0 Å². The Morgan fingerprint density at radius 3 is 1.77 bits per heavy atom. The summed E-state index contributed by atoms with van der Waals surface area (Å²) in [6.45, 7) is 4.41. The van der Waals surface area contributed by atoms with Crippen molar-refractivity contribution in [2.24, 2.45) is 0 Å². The summed E-state index contributed by atoms with van der Waals surface area (Å²) in [6.07, 6.45) is 15.2. The fraction of sp³-hybridized carbons (Fsp3) is 0.852. The molecule has 0 aliphatic carbocycles. The molecule has 7 nitrogen and oxygen atoms in total. The maximum atomic E-state index is 12.4. The highest BCUT2D eigenvalue weighted by Crippen LogP contribution is 2.36. The summed E-state index contributed by atoms with van der Waals surface area (Å²) in [7, 11) is 1.50. The van der Waals surface area contributed by atoms with Gasteiger partial charge in [0.1, 0.15) is 5.78 Å². The Labute approximate surface area is 215 Å². The van der Waals surface area contributed by atoms with Crippen molar-refractivity contribution in [3.05, 3.63) is 0 Å². The second-order valence-corrected chi connectivity index (χ2v) is 11.6. The number of amides is 1. The molecular formula is C27H51N2O5P. The lowest BCUT2D eigenvalue weighted by atomic mass is 10.0. The topological polar surface area (TPSA) is 104 Å². The predicted octanol–water partition coefficient (Wildman–Crippen LogP) is 5.72. The van der Waals surface area contributed by atoms with Crippen LogP contribution in [0.25, 0.3) is 0 Å². The van der Waals surface area contributed by atoms with E-state index in [1.54, 1.807) is 0 Å². The van der Waals surface area contributed by atoms with Crippen LogP contribution in [0.5, 0.6) is 0 Å². The predicted molar refractivity (Wildman–Crippen MR) is 144 cm³/mol. The molecule has 2 atom stereocenters. The van der Waals surface area contributed by atoms with Crippen molar-refractivity contribution < 1.29 is 24.1 Å². The summed E-state index contributed by atoms with van der Waals surface area (Å²) in [5.74, 6) is -0.327. The Balaban J connectivity index is 4.21. The molecule has 0 aromatic carbocycles. The second kappa shape index (κ2) is 22.1. The molecule has 2 unspecified atom stereocenters. The molecular weight excluding hydrogens is 463 g/mol. The fourth-order valence-electron chi connectivity index (χ4n) is 4.07. The summed E-state index contributed by atoms with van der Waals surface area (Å²) < 4.78 is 0. The van der Waals surface area contributed by atoms with Crippen LogP contribution >= 0.6 is 8.15 Å². The van der Waals surface area contributed by atoms with Gasteiger partial charge < -0.3 is 15.1 Å². The molecule has 0 aliphatic rings. The van der Waals surface area contributed by atoms with Crippen molar-refractivity contribution >= 4 is 30.9 Å². The van der Waals surface area contributed by atoms with E-state index in [-0.39, 0.29) is 31.0 Å². The Bertz CT molecular complexity index is 612. The highest BCUT2D eigenvalue weighted by molar-refractivity contribution is 7.84. The van der Waals surface area contributed by atoms with E-state index < -0.39 is 25.2 Å². The molecule has 2 N–H and O–H groups in total. The molecule has 0 fully saturated rings. The van der Waals surface area contributed by atoms with Crippen molar-refractivity contribution in [1.29, 1.82) is 0 Å². The van der Waals surface area contributed by atoms with Crippen LogP contribution in [0.1, 0.15) is 123 Å². The fourth-order valence-corrected chi connectivity index (χ4v) is 5.11. The van der Waals surface area contributed by atoms with Gasteiger partial charge in [0.2, 0.25) is 5.91 Å². The molecule has 0 aromatic heterocycles. The molecule has 0 rings (SSSR count). The SMILES string of the molecule is CCCCCCCCCCCCCC(=O)CC(CC(=O)P(O)C(=O)CCCCN(C)C)NC(C)=O. The van der Waals surface area contributed by atoms with Crippen LogP contribution in [0, 0.1) is 0 Å². The van der Waals surface area contributed by atoms with Crippen molar-refractivity contribution in [3.63, 3.8) is 0 Å². The highest BCUT2D eigenvalue weighted by Gasteiger charge is 2.27. The third kappa shape index (κ3) is 20.7. The van der Waals surface area contributed by atoms with Crippen LogP contribution in [0.4, 0.5) is 0 Å². The molecule has 0 heterocycles. The molecule has 0 aromatic rings. The van der Waals surface area contributed by atoms with Gasteiger partial charge in [0.15, 0.2) is 19.2 Å². The Morgan fingerprint density at radius 2 is 1.26 bits per heavy atom. The molecule has 0 aliphatic heterocycles. The van der Waals surface area contributed by atoms with Crippen LogP contribution in [0.15, 0.2) is 0 Å². The number of carbonyl (C=O) groups is 4. The van der Waals surface area contributed by atoms with E-state index in [2.05, 4.69) is 12.2 Å². The zero-order chi connectivity index (χ0) is 26.5. The Kier molecular flexibility index (Phi) is 21.3. The van der Waals surface area contributed by atoms with Crippen molar-refractivity contribution in [3.8, 4) is 0 Å². The molecule has 8 heteroatoms. The van der Waals surface area contributed by atoms with E-state index in [0.717, 1.165) is 32.2 Å². The summed E-state index contributed by atoms with van der Waals surface area (Å²) in [5, 5.41) is 2.64. The molecule has 204 valence electrons. The van der Waals surface area contributed by atoms with Crippen LogP contribution < -0.4 is 5.32 Å². The number of nitrogens with zero attached hydrogens (tertiary/aromatic N) is 1. The van der Waals surface area contributed by atoms with Gasteiger partial charge in [-0.05, 0) is 39.9 Å². The quantitative estimate of drug-likeness (QED) is 0.126. The zero-order valence-electron chi connectivity index (χ0n) is 22.8. The van der Waals surface area contributed by atoms with Gasteiger partial charge >= 0.3 is 0 Å². The van der Waals surface area contributed by atoms with Crippen LogP contribution in [0.2, 0.25) is 0 Å². The lowest BCUT2D eigenvalue weighted by Gasteiger charge is -2.18. The summed E-state index contributed by atoms with van der Waals surface area (Å²) in [6, 6.07) is -0.668. The monoisotopic (exact) mass is 514 g/mol. The number of nitrogens with one attached hydrogen (secondary N) is 1. The van der Waals surface area contributed by atoms with Crippen molar-refractivity contribution in [2.75, 3.05) is 20.6 Å². The number of unbranched alkanes of at least 4 members (excludes halogenated alkanes) is 11. The van der Waals surface area contributed by atoms with Gasteiger partial charge in [0.25, 0.3) is 0 Å². The number of carbonyl (C=O) groups excluding carboxylic acids is 4. The first-order valence-corrected chi connectivity index (χ1v) is 14.9. The molecule has 0 saturated carbocycles. The Morgan fingerprint density at radius 1 is 0.743 bits per heavy atom. The molecule has 0 radical (unpaired) electrons. The largest absolute Gasteiger partial charge is 0.360 e. The number of ketones is 1. The number of hydrogen-bond donors (Lipinski definition) is 2. The summed E-state index contributed by atoms with van der Waals surface area (Å²) in [4.78, 5) is 60.8. The van der Waals surface area contributed by atoms with E-state index in [1.165, 1.54) is 58.3 Å². The smallest absolute Gasteiger partial charge is 0.217 e. The van der Waals surface area contributed by atoms with Crippen molar-refractivity contribution in [2.45, 2.75) is 129 Å². The molecule has 0 spiro atoms. The first-order valence-electron chi connectivity index (χ1n) is 13.7. The van der Waals surface area contributed by atoms with Gasteiger partial charge in [-0.3, -0.25) is 19.2 Å². The summed E-state index contributed by atoms with van der Waals surface area (Å²) >= 11 is 0. The van der Waals surface area contributed by atoms with Crippen LogP contribution in [-0.4, -0.2) is 59.2 Å². The minimum absolute atomic E-state index is 0.00440. The highest BCUT2D eigenvalue weighted by atomic mass is 31.1. The zero-order valence-corrected chi connectivity index (χ0v) is 23.7. The average Bonchev–Trinajstić information content (AvgIpc) is 2.78. The Hall–Kier alpha value is -1.17. The number of hydrogen-bond acceptors (Lipinski definition) is 6. The van der Waals surface area contributed by atoms with E-state index in [1.807, 2.05) is 19.0 Å².